The number of guanidine groups is 2. The third-order valence-corrected chi connectivity index (χ3v) is 4.33. The van der Waals surface area contributed by atoms with Crippen molar-refractivity contribution in [1.82, 2.24) is 0 Å². The molecule has 1 heterocycles. The Kier molecular flexibility index (Phi) is 3.67. The zero-order valence-electron chi connectivity index (χ0n) is 12.6. The van der Waals surface area contributed by atoms with Crippen molar-refractivity contribution in [2.45, 2.75) is 37.8 Å². The Morgan fingerprint density at radius 1 is 1.22 bits per heavy atom. The molecule has 0 saturated heterocycles. The van der Waals surface area contributed by atoms with Gasteiger partial charge in [0, 0.05) is 0 Å². The maximum absolute atomic E-state index is 14.1. The van der Waals surface area contributed by atoms with Crippen molar-refractivity contribution in [2.75, 3.05) is 4.90 Å². The van der Waals surface area contributed by atoms with E-state index < -0.39 is 17.4 Å². The number of benzene rings is 1. The molecule has 1 spiro atoms. The minimum absolute atomic E-state index is 0.0903. The van der Waals surface area contributed by atoms with Gasteiger partial charge < -0.3 is 17.2 Å². The highest BCUT2D eigenvalue weighted by atomic mass is 19.1. The number of amides is 1. The maximum Gasteiger partial charge on any atom is 0.253 e. The molecule has 6 N–H and O–H groups in total. The van der Waals surface area contributed by atoms with E-state index in [1.165, 1.54) is 12.1 Å². The van der Waals surface area contributed by atoms with E-state index in [2.05, 4.69) is 9.98 Å². The number of carbonyl (C=O) groups is 1. The molecule has 1 amide bonds. The second kappa shape index (κ2) is 5.53. The topological polar surface area (TPSA) is 123 Å². The lowest BCUT2D eigenvalue weighted by atomic mass is 9.87. The number of carbonyl (C=O) groups excluding carboxylic acids is 1. The number of halogens is 1. The molecule has 0 aromatic heterocycles. The molecule has 0 unspecified atom stereocenters. The second-order valence-corrected chi connectivity index (χ2v) is 5.82. The highest BCUT2D eigenvalue weighted by molar-refractivity contribution is 6.09. The van der Waals surface area contributed by atoms with Gasteiger partial charge in [0.15, 0.2) is 0 Å². The molecule has 1 aromatic carbocycles. The zero-order valence-corrected chi connectivity index (χ0v) is 12.6. The molecule has 1 aliphatic heterocycles. The lowest BCUT2D eigenvalue weighted by Gasteiger charge is -2.46. The van der Waals surface area contributed by atoms with Gasteiger partial charge in [-0.05, 0) is 37.8 Å². The van der Waals surface area contributed by atoms with Gasteiger partial charge in [0.05, 0.1) is 11.3 Å². The van der Waals surface area contributed by atoms with Crippen LogP contribution in [0.25, 0.3) is 0 Å². The van der Waals surface area contributed by atoms with Crippen molar-refractivity contribution in [3.05, 3.63) is 29.6 Å². The molecule has 1 fully saturated rings. The maximum atomic E-state index is 14.1. The Labute approximate surface area is 133 Å². The van der Waals surface area contributed by atoms with Crippen LogP contribution in [-0.4, -0.2) is 23.5 Å². The molecule has 23 heavy (non-hydrogen) atoms. The van der Waals surface area contributed by atoms with Gasteiger partial charge in [-0.25, -0.2) is 9.38 Å². The van der Waals surface area contributed by atoms with Crippen LogP contribution in [0.5, 0.6) is 0 Å². The molecule has 7 nitrogen and oxygen atoms in total. The van der Waals surface area contributed by atoms with E-state index >= 15 is 0 Å². The SMILES string of the molecule is NC(=O)c1c(F)cccc1N1C(N)=NC(N)=NC12CCCCC2. The Bertz CT molecular complexity index is 708. The fourth-order valence-electron chi connectivity index (χ4n) is 3.41. The van der Waals surface area contributed by atoms with Gasteiger partial charge in [0.1, 0.15) is 11.5 Å². The first-order valence-electron chi connectivity index (χ1n) is 7.53. The molecule has 3 rings (SSSR count). The lowest BCUT2D eigenvalue weighted by Crippen LogP contribution is -2.58. The molecule has 1 saturated carbocycles. The van der Waals surface area contributed by atoms with E-state index in [1.807, 2.05) is 0 Å². The minimum atomic E-state index is -0.862. The Morgan fingerprint density at radius 2 is 1.91 bits per heavy atom. The third kappa shape index (κ3) is 2.49. The fraction of sp³-hybridized carbons (Fsp3) is 0.400. The monoisotopic (exact) mass is 318 g/mol. The smallest absolute Gasteiger partial charge is 0.253 e. The number of rotatable bonds is 2. The molecule has 0 atom stereocenters. The van der Waals surface area contributed by atoms with E-state index in [0.29, 0.717) is 12.8 Å². The van der Waals surface area contributed by atoms with Crippen LogP contribution in [0.4, 0.5) is 10.1 Å². The predicted molar refractivity (Wildman–Crippen MR) is 86.5 cm³/mol. The van der Waals surface area contributed by atoms with E-state index in [4.69, 9.17) is 17.2 Å². The fourth-order valence-corrected chi connectivity index (χ4v) is 3.41. The predicted octanol–water partition coefficient (Wildman–Crippen LogP) is 1.03. The highest BCUT2D eigenvalue weighted by Gasteiger charge is 2.43. The highest BCUT2D eigenvalue weighted by Crippen LogP contribution is 2.40. The van der Waals surface area contributed by atoms with E-state index in [1.54, 1.807) is 11.0 Å². The van der Waals surface area contributed by atoms with Crippen LogP contribution in [0.1, 0.15) is 42.5 Å². The molecule has 122 valence electrons. The molecular formula is C15H19FN6O. The van der Waals surface area contributed by atoms with Crippen molar-refractivity contribution >= 4 is 23.5 Å². The van der Waals surface area contributed by atoms with E-state index in [0.717, 1.165) is 19.3 Å². The molecule has 0 radical (unpaired) electrons. The number of anilines is 1. The van der Waals surface area contributed by atoms with Crippen LogP contribution in [-0.2, 0) is 0 Å². The summed E-state index contributed by atoms with van der Waals surface area (Å²) in [6.45, 7) is 0. The van der Waals surface area contributed by atoms with Gasteiger partial charge in [-0.15, -0.1) is 0 Å². The summed E-state index contributed by atoms with van der Waals surface area (Å²) in [6.07, 6.45) is 4.33. The summed E-state index contributed by atoms with van der Waals surface area (Å²) >= 11 is 0. The normalized spacial score (nSPS) is 20.1. The van der Waals surface area contributed by atoms with E-state index in [-0.39, 0.29) is 23.2 Å². The average Bonchev–Trinajstić information content (AvgIpc) is 2.46. The first kappa shape index (κ1) is 15.3. The molecule has 1 aromatic rings. The minimum Gasteiger partial charge on any atom is -0.369 e. The Hall–Kier alpha value is -2.64. The number of nitrogens with zero attached hydrogens (tertiary/aromatic N) is 3. The van der Waals surface area contributed by atoms with Crippen molar-refractivity contribution in [2.24, 2.45) is 27.2 Å². The average molecular weight is 318 g/mol. The van der Waals surface area contributed by atoms with Gasteiger partial charge in [-0.1, -0.05) is 12.5 Å². The molecule has 1 aliphatic carbocycles. The lowest BCUT2D eigenvalue weighted by molar-refractivity contribution is 0.0997. The van der Waals surface area contributed by atoms with Gasteiger partial charge in [-0.3, -0.25) is 9.69 Å². The standard InChI is InChI=1S/C15H19FN6O/c16-9-5-4-6-10(11(9)12(17)23)22-14(19)20-13(18)21-15(22)7-2-1-3-8-15/h4-6H,1-3,7-8H2,(H2,17,23)(H4,18,19,20,21). The van der Waals surface area contributed by atoms with Crippen LogP contribution >= 0.6 is 0 Å². The number of nitrogens with two attached hydrogens (primary N) is 3. The van der Waals surface area contributed by atoms with Crippen LogP contribution < -0.4 is 22.1 Å². The van der Waals surface area contributed by atoms with Crippen molar-refractivity contribution < 1.29 is 9.18 Å². The summed E-state index contributed by atoms with van der Waals surface area (Å²) in [5.41, 5.74) is 16.5. The van der Waals surface area contributed by atoms with Crippen LogP contribution in [0, 0.1) is 5.82 Å². The molecular weight excluding hydrogens is 299 g/mol. The second-order valence-electron chi connectivity index (χ2n) is 5.82. The van der Waals surface area contributed by atoms with Crippen LogP contribution in [0.2, 0.25) is 0 Å². The van der Waals surface area contributed by atoms with Crippen molar-refractivity contribution in [3.63, 3.8) is 0 Å². The van der Waals surface area contributed by atoms with Gasteiger partial charge >= 0.3 is 0 Å². The van der Waals surface area contributed by atoms with Crippen LogP contribution in [0.3, 0.4) is 0 Å². The number of hydrogen-bond donors (Lipinski definition) is 3. The number of hydrogen-bond acceptors (Lipinski definition) is 6. The van der Waals surface area contributed by atoms with Crippen molar-refractivity contribution in [1.29, 1.82) is 0 Å². The first-order chi connectivity index (χ1) is 10.9. The summed E-state index contributed by atoms with van der Waals surface area (Å²) in [4.78, 5) is 21.8. The Morgan fingerprint density at radius 3 is 2.57 bits per heavy atom. The first-order valence-corrected chi connectivity index (χ1v) is 7.53. The quantitative estimate of drug-likeness (QED) is 0.753. The van der Waals surface area contributed by atoms with Gasteiger partial charge in [0.2, 0.25) is 11.9 Å². The van der Waals surface area contributed by atoms with E-state index in [9.17, 15) is 9.18 Å². The van der Waals surface area contributed by atoms with Gasteiger partial charge in [0.25, 0.3) is 5.91 Å². The number of aliphatic imine (C=N–C) groups is 2. The third-order valence-electron chi connectivity index (χ3n) is 4.33. The largest absolute Gasteiger partial charge is 0.369 e. The summed E-state index contributed by atoms with van der Waals surface area (Å²) in [7, 11) is 0. The zero-order chi connectivity index (χ0) is 16.6. The van der Waals surface area contributed by atoms with Crippen LogP contribution in [0.15, 0.2) is 28.2 Å². The summed E-state index contributed by atoms with van der Waals surface area (Å²) < 4.78 is 14.1. The number of primary amides is 1. The Balaban J connectivity index is 2.19. The molecule has 8 heteroatoms. The van der Waals surface area contributed by atoms with Crippen molar-refractivity contribution in [3.8, 4) is 0 Å². The molecule has 2 aliphatic rings. The summed E-state index contributed by atoms with van der Waals surface area (Å²) in [5.74, 6) is -1.37. The summed E-state index contributed by atoms with van der Waals surface area (Å²) in [6, 6.07) is 4.29. The molecule has 0 bridgehead atoms. The van der Waals surface area contributed by atoms with Gasteiger partial charge in [-0.2, -0.15) is 4.99 Å². The summed E-state index contributed by atoms with van der Waals surface area (Å²) in [5, 5.41) is 0.